The van der Waals surface area contributed by atoms with Gasteiger partial charge in [-0.25, -0.2) is 4.98 Å². The molecule has 3 rings (SSSR count). The summed E-state index contributed by atoms with van der Waals surface area (Å²) in [5, 5.41) is 2.96. The highest BCUT2D eigenvalue weighted by Crippen LogP contribution is 2.19. The van der Waals surface area contributed by atoms with Crippen LogP contribution in [0.3, 0.4) is 0 Å². The van der Waals surface area contributed by atoms with E-state index in [4.69, 9.17) is 5.73 Å². The molecule has 1 aromatic heterocycles. The predicted octanol–water partition coefficient (Wildman–Crippen LogP) is 0.897. The lowest BCUT2D eigenvalue weighted by molar-refractivity contribution is -0.121. The second-order valence-electron chi connectivity index (χ2n) is 4.46. The summed E-state index contributed by atoms with van der Waals surface area (Å²) in [5.74, 6) is 0.0450. The Morgan fingerprint density at radius 1 is 1.53 bits per heavy atom. The minimum atomic E-state index is 0.0450. The SMILES string of the molecule is Nc1ccc2c(c1)ncn2CC(=O)NC1CC1. The lowest BCUT2D eigenvalue weighted by Crippen LogP contribution is -2.29. The normalized spacial score (nSPS) is 15.1. The van der Waals surface area contributed by atoms with Crippen molar-refractivity contribution in [3.63, 3.8) is 0 Å². The highest BCUT2D eigenvalue weighted by molar-refractivity contribution is 5.82. The van der Waals surface area contributed by atoms with Crippen molar-refractivity contribution >= 4 is 22.6 Å². The Bertz CT molecular complexity index is 571. The number of nitrogen functional groups attached to an aromatic ring is 1. The first-order chi connectivity index (χ1) is 8.22. The number of nitrogens with two attached hydrogens (primary N) is 1. The summed E-state index contributed by atoms with van der Waals surface area (Å²) in [5.41, 5.74) is 8.12. The summed E-state index contributed by atoms with van der Waals surface area (Å²) < 4.78 is 1.84. The van der Waals surface area contributed by atoms with Crippen molar-refractivity contribution in [3.8, 4) is 0 Å². The number of nitrogens with one attached hydrogen (secondary N) is 1. The molecule has 0 atom stereocenters. The number of aromatic nitrogens is 2. The van der Waals surface area contributed by atoms with Gasteiger partial charge in [-0.15, -0.1) is 0 Å². The van der Waals surface area contributed by atoms with Crippen LogP contribution >= 0.6 is 0 Å². The fourth-order valence-electron chi connectivity index (χ4n) is 1.86. The van der Waals surface area contributed by atoms with Crippen LogP contribution in [0.5, 0.6) is 0 Å². The molecule has 88 valence electrons. The van der Waals surface area contributed by atoms with Gasteiger partial charge in [-0.1, -0.05) is 0 Å². The van der Waals surface area contributed by atoms with E-state index in [0.29, 0.717) is 18.3 Å². The lowest BCUT2D eigenvalue weighted by atomic mass is 10.3. The van der Waals surface area contributed by atoms with Crippen molar-refractivity contribution in [2.45, 2.75) is 25.4 Å². The van der Waals surface area contributed by atoms with Crippen LogP contribution in [-0.2, 0) is 11.3 Å². The number of fused-ring (bicyclic) bond motifs is 1. The highest BCUT2D eigenvalue weighted by Gasteiger charge is 2.23. The van der Waals surface area contributed by atoms with Crippen molar-refractivity contribution in [1.82, 2.24) is 14.9 Å². The number of nitrogens with zero attached hydrogens (tertiary/aromatic N) is 2. The monoisotopic (exact) mass is 230 g/mol. The van der Waals surface area contributed by atoms with Gasteiger partial charge in [-0.2, -0.15) is 0 Å². The predicted molar refractivity (Wildman–Crippen MR) is 65.3 cm³/mol. The van der Waals surface area contributed by atoms with Crippen LogP contribution in [0.2, 0.25) is 0 Å². The van der Waals surface area contributed by atoms with Crippen LogP contribution in [0.4, 0.5) is 5.69 Å². The van der Waals surface area contributed by atoms with Crippen LogP contribution < -0.4 is 11.1 Å². The van der Waals surface area contributed by atoms with Crippen molar-refractivity contribution in [2.75, 3.05) is 5.73 Å². The number of amides is 1. The largest absolute Gasteiger partial charge is 0.399 e. The second-order valence-corrected chi connectivity index (χ2v) is 4.46. The van der Waals surface area contributed by atoms with Gasteiger partial charge in [0.05, 0.1) is 17.4 Å². The molecule has 1 amide bonds. The molecule has 5 nitrogen and oxygen atoms in total. The fraction of sp³-hybridized carbons (Fsp3) is 0.333. The van der Waals surface area contributed by atoms with Crippen molar-refractivity contribution in [3.05, 3.63) is 24.5 Å². The number of hydrogen-bond acceptors (Lipinski definition) is 3. The van der Waals surface area contributed by atoms with E-state index in [0.717, 1.165) is 23.9 Å². The maximum atomic E-state index is 11.7. The molecule has 1 heterocycles. The lowest BCUT2D eigenvalue weighted by Gasteiger charge is -2.05. The Kier molecular flexibility index (Phi) is 2.24. The summed E-state index contributed by atoms with van der Waals surface area (Å²) in [7, 11) is 0. The molecule has 5 heteroatoms. The Morgan fingerprint density at radius 2 is 2.35 bits per heavy atom. The zero-order valence-corrected chi connectivity index (χ0v) is 9.39. The molecular weight excluding hydrogens is 216 g/mol. The third-order valence-electron chi connectivity index (χ3n) is 2.90. The van der Waals surface area contributed by atoms with Crippen LogP contribution in [0.15, 0.2) is 24.5 Å². The summed E-state index contributed by atoms with van der Waals surface area (Å²) in [6, 6.07) is 5.92. The molecule has 0 unspecified atom stereocenters. The maximum Gasteiger partial charge on any atom is 0.240 e. The van der Waals surface area contributed by atoms with Gasteiger partial charge < -0.3 is 15.6 Å². The van der Waals surface area contributed by atoms with E-state index in [-0.39, 0.29) is 5.91 Å². The Labute approximate surface area is 98.6 Å². The average molecular weight is 230 g/mol. The molecule has 2 aromatic rings. The van der Waals surface area contributed by atoms with Crippen LogP contribution in [0.25, 0.3) is 11.0 Å². The van der Waals surface area contributed by atoms with Crippen molar-refractivity contribution < 1.29 is 4.79 Å². The number of imidazole rings is 1. The number of hydrogen-bond donors (Lipinski definition) is 2. The molecule has 0 saturated heterocycles. The zero-order chi connectivity index (χ0) is 11.8. The van der Waals surface area contributed by atoms with E-state index in [1.165, 1.54) is 0 Å². The quantitative estimate of drug-likeness (QED) is 0.769. The minimum Gasteiger partial charge on any atom is -0.399 e. The number of anilines is 1. The first kappa shape index (κ1) is 10.1. The minimum absolute atomic E-state index is 0.0450. The van der Waals surface area contributed by atoms with Gasteiger partial charge in [0.25, 0.3) is 0 Å². The number of carbonyl (C=O) groups excluding carboxylic acids is 1. The number of carbonyl (C=O) groups is 1. The third-order valence-corrected chi connectivity index (χ3v) is 2.90. The molecule has 0 radical (unpaired) electrons. The van der Waals surface area contributed by atoms with Gasteiger partial charge in [0.15, 0.2) is 0 Å². The summed E-state index contributed by atoms with van der Waals surface area (Å²) in [6.07, 6.45) is 3.89. The molecule has 1 fully saturated rings. The molecule has 0 spiro atoms. The number of benzene rings is 1. The van der Waals surface area contributed by atoms with Gasteiger partial charge in [0.2, 0.25) is 5.91 Å². The van der Waals surface area contributed by atoms with E-state index in [1.807, 2.05) is 22.8 Å². The van der Waals surface area contributed by atoms with Gasteiger partial charge >= 0.3 is 0 Å². The second kappa shape index (κ2) is 3.76. The van der Waals surface area contributed by atoms with Gasteiger partial charge in [-0.05, 0) is 31.0 Å². The first-order valence-electron chi connectivity index (χ1n) is 5.72. The van der Waals surface area contributed by atoms with Crippen molar-refractivity contribution in [2.24, 2.45) is 0 Å². The van der Waals surface area contributed by atoms with Crippen LogP contribution in [0.1, 0.15) is 12.8 Å². The fourth-order valence-corrected chi connectivity index (χ4v) is 1.86. The van der Waals surface area contributed by atoms with Gasteiger partial charge in [0, 0.05) is 11.7 Å². The smallest absolute Gasteiger partial charge is 0.240 e. The van der Waals surface area contributed by atoms with E-state index >= 15 is 0 Å². The van der Waals surface area contributed by atoms with Gasteiger partial charge in [-0.3, -0.25) is 4.79 Å². The first-order valence-corrected chi connectivity index (χ1v) is 5.72. The Morgan fingerprint density at radius 3 is 3.12 bits per heavy atom. The van der Waals surface area contributed by atoms with Crippen LogP contribution in [0, 0.1) is 0 Å². The van der Waals surface area contributed by atoms with E-state index in [9.17, 15) is 4.79 Å². The molecular formula is C12H14N4O. The average Bonchev–Trinajstić information content (AvgIpc) is 3.01. The Balaban J connectivity index is 1.82. The van der Waals surface area contributed by atoms with Crippen LogP contribution in [-0.4, -0.2) is 21.5 Å². The highest BCUT2D eigenvalue weighted by atomic mass is 16.2. The molecule has 1 aliphatic carbocycles. The van der Waals surface area contributed by atoms with Crippen molar-refractivity contribution in [1.29, 1.82) is 0 Å². The molecule has 0 bridgehead atoms. The van der Waals surface area contributed by atoms with E-state index < -0.39 is 0 Å². The van der Waals surface area contributed by atoms with E-state index in [1.54, 1.807) is 6.33 Å². The Hall–Kier alpha value is -2.04. The van der Waals surface area contributed by atoms with Gasteiger partial charge in [0.1, 0.15) is 6.54 Å². The third kappa shape index (κ3) is 2.08. The molecule has 1 saturated carbocycles. The maximum absolute atomic E-state index is 11.7. The molecule has 3 N–H and O–H groups in total. The summed E-state index contributed by atoms with van der Waals surface area (Å²) in [4.78, 5) is 15.9. The molecule has 1 aliphatic rings. The summed E-state index contributed by atoms with van der Waals surface area (Å²) in [6.45, 7) is 0.316. The topological polar surface area (TPSA) is 72.9 Å². The molecule has 0 aliphatic heterocycles. The summed E-state index contributed by atoms with van der Waals surface area (Å²) >= 11 is 0. The zero-order valence-electron chi connectivity index (χ0n) is 9.39. The molecule has 1 aromatic carbocycles. The van der Waals surface area contributed by atoms with E-state index in [2.05, 4.69) is 10.3 Å². The standard InChI is InChI=1S/C12H14N4O/c13-8-1-4-11-10(5-8)14-7-16(11)6-12(17)15-9-2-3-9/h1,4-5,7,9H,2-3,6,13H2,(H,15,17). The molecule has 17 heavy (non-hydrogen) atoms. The number of rotatable bonds is 3.